The van der Waals surface area contributed by atoms with E-state index in [2.05, 4.69) is 14.9 Å². The van der Waals surface area contributed by atoms with Gasteiger partial charge in [-0.3, -0.25) is 9.82 Å². The van der Waals surface area contributed by atoms with E-state index in [1.807, 2.05) is 13.0 Å². The molecule has 2 N–H and O–H groups in total. The number of nitrogens with zero attached hydrogens (tertiary/aromatic N) is 3. The van der Waals surface area contributed by atoms with Crippen molar-refractivity contribution in [2.45, 2.75) is 19.8 Å². The lowest BCUT2D eigenvalue weighted by Crippen LogP contribution is -2.42. The van der Waals surface area contributed by atoms with E-state index in [0.717, 1.165) is 12.8 Å². The lowest BCUT2D eigenvalue weighted by atomic mass is 10.0. The summed E-state index contributed by atoms with van der Waals surface area (Å²) >= 11 is 0. The van der Waals surface area contributed by atoms with Gasteiger partial charge in [0.2, 0.25) is 0 Å². The first kappa shape index (κ1) is 12.9. The minimum Gasteiger partial charge on any atom is -0.261 e. The first-order valence-corrected chi connectivity index (χ1v) is 7.18. The second-order valence-electron chi connectivity index (χ2n) is 4.48. The van der Waals surface area contributed by atoms with Crippen molar-refractivity contribution in [1.29, 1.82) is 5.26 Å². The predicted molar refractivity (Wildman–Crippen MR) is 65.8 cm³/mol. The number of hydrogen-bond acceptors (Lipinski definition) is 4. The van der Waals surface area contributed by atoms with Crippen LogP contribution in [0, 0.1) is 17.2 Å². The highest BCUT2D eigenvalue weighted by Crippen LogP contribution is 2.20. The van der Waals surface area contributed by atoms with Crippen molar-refractivity contribution in [1.82, 2.24) is 14.5 Å². The second-order valence-corrected chi connectivity index (χ2v) is 6.15. The van der Waals surface area contributed by atoms with E-state index in [-0.39, 0.29) is 11.4 Å². The predicted octanol–water partition coefficient (Wildman–Crippen LogP) is 0.670. The number of aromatic amines is 1. The zero-order chi connectivity index (χ0) is 13.2. The second kappa shape index (κ2) is 4.96. The van der Waals surface area contributed by atoms with E-state index in [1.54, 1.807) is 0 Å². The standard InChI is InChI=1S/C10H15N5O2S/c1-8-3-2-4-15(7-8)18(16,17)14-10-9(5-11)6-12-13-10/h6,8H,2-4,7H2,1H3,(H2,12,13,14). The maximum Gasteiger partial charge on any atom is 0.302 e. The molecular formula is C10H15N5O2S. The Balaban J connectivity index is 2.15. The van der Waals surface area contributed by atoms with Gasteiger partial charge < -0.3 is 0 Å². The first-order valence-electron chi connectivity index (χ1n) is 5.74. The molecule has 0 radical (unpaired) electrons. The van der Waals surface area contributed by atoms with Gasteiger partial charge >= 0.3 is 10.2 Å². The molecule has 1 aliphatic heterocycles. The van der Waals surface area contributed by atoms with E-state index in [0.29, 0.717) is 19.0 Å². The summed E-state index contributed by atoms with van der Waals surface area (Å²) in [6.45, 7) is 3.04. The zero-order valence-corrected chi connectivity index (χ0v) is 10.9. The molecule has 1 aliphatic rings. The van der Waals surface area contributed by atoms with Crippen LogP contribution in [-0.2, 0) is 10.2 Å². The molecule has 2 heterocycles. The van der Waals surface area contributed by atoms with Crippen LogP contribution in [0.3, 0.4) is 0 Å². The van der Waals surface area contributed by atoms with E-state index < -0.39 is 10.2 Å². The third-order valence-corrected chi connectivity index (χ3v) is 4.42. The molecule has 18 heavy (non-hydrogen) atoms. The maximum absolute atomic E-state index is 12.1. The van der Waals surface area contributed by atoms with Crippen LogP contribution in [-0.4, -0.2) is 36.0 Å². The highest BCUT2D eigenvalue weighted by atomic mass is 32.2. The van der Waals surface area contributed by atoms with E-state index in [1.165, 1.54) is 10.5 Å². The fourth-order valence-electron chi connectivity index (χ4n) is 2.01. The molecule has 8 heteroatoms. The van der Waals surface area contributed by atoms with Crippen molar-refractivity contribution >= 4 is 16.0 Å². The van der Waals surface area contributed by atoms with Crippen molar-refractivity contribution in [2.75, 3.05) is 17.8 Å². The summed E-state index contributed by atoms with van der Waals surface area (Å²) in [5, 5.41) is 14.9. The lowest BCUT2D eigenvalue weighted by molar-refractivity contribution is 0.282. The van der Waals surface area contributed by atoms with E-state index in [4.69, 9.17) is 5.26 Å². The monoisotopic (exact) mass is 269 g/mol. The summed E-state index contributed by atoms with van der Waals surface area (Å²) in [5.74, 6) is 0.475. The first-order chi connectivity index (χ1) is 8.53. The largest absolute Gasteiger partial charge is 0.302 e. The third-order valence-electron chi connectivity index (χ3n) is 2.95. The molecule has 0 saturated carbocycles. The van der Waals surface area contributed by atoms with Gasteiger partial charge in [-0.15, -0.1) is 0 Å². The zero-order valence-electron chi connectivity index (χ0n) is 10.0. The molecule has 1 aromatic rings. The van der Waals surface area contributed by atoms with Crippen molar-refractivity contribution in [2.24, 2.45) is 5.92 Å². The van der Waals surface area contributed by atoms with Crippen LogP contribution in [0.25, 0.3) is 0 Å². The Morgan fingerprint density at radius 2 is 2.44 bits per heavy atom. The van der Waals surface area contributed by atoms with Crippen molar-refractivity contribution in [3.63, 3.8) is 0 Å². The number of nitriles is 1. The molecule has 0 aliphatic carbocycles. The van der Waals surface area contributed by atoms with Crippen LogP contribution in [0.1, 0.15) is 25.3 Å². The summed E-state index contributed by atoms with van der Waals surface area (Å²) in [6, 6.07) is 1.87. The highest BCUT2D eigenvalue weighted by Gasteiger charge is 2.27. The fourth-order valence-corrected chi connectivity index (χ4v) is 3.37. The Morgan fingerprint density at radius 1 is 1.67 bits per heavy atom. The Kier molecular flexibility index (Phi) is 3.54. The van der Waals surface area contributed by atoms with Crippen LogP contribution in [0.4, 0.5) is 5.82 Å². The smallest absolute Gasteiger partial charge is 0.261 e. The molecule has 7 nitrogen and oxygen atoms in total. The molecule has 1 aromatic heterocycles. The Hall–Kier alpha value is -1.59. The van der Waals surface area contributed by atoms with Crippen LogP contribution in [0.15, 0.2) is 6.20 Å². The molecule has 2 rings (SSSR count). The van der Waals surface area contributed by atoms with Gasteiger partial charge in [0.25, 0.3) is 0 Å². The van der Waals surface area contributed by atoms with Gasteiger partial charge in [-0.1, -0.05) is 6.92 Å². The number of anilines is 1. The number of nitrogens with one attached hydrogen (secondary N) is 2. The minimum atomic E-state index is -3.61. The van der Waals surface area contributed by atoms with Crippen LogP contribution in [0.5, 0.6) is 0 Å². The van der Waals surface area contributed by atoms with Crippen LogP contribution in [0.2, 0.25) is 0 Å². The average molecular weight is 269 g/mol. The third kappa shape index (κ3) is 2.63. The van der Waals surface area contributed by atoms with Gasteiger partial charge in [-0.05, 0) is 18.8 Å². The van der Waals surface area contributed by atoms with Gasteiger partial charge in [-0.25, -0.2) is 0 Å². The summed E-state index contributed by atoms with van der Waals surface area (Å²) in [7, 11) is -3.61. The molecular weight excluding hydrogens is 254 g/mol. The molecule has 0 amide bonds. The van der Waals surface area contributed by atoms with Crippen molar-refractivity contribution < 1.29 is 8.42 Å². The van der Waals surface area contributed by atoms with Gasteiger partial charge in [0.05, 0.1) is 6.20 Å². The van der Waals surface area contributed by atoms with Crippen LogP contribution >= 0.6 is 0 Å². The molecule has 0 spiro atoms. The maximum atomic E-state index is 12.1. The van der Waals surface area contributed by atoms with Crippen LogP contribution < -0.4 is 4.72 Å². The van der Waals surface area contributed by atoms with Gasteiger partial charge in [0.15, 0.2) is 5.82 Å². The molecule has 0 aromatic carbocycles. The normalized spacial score (nSPS) is 21.4. The summed E-state index contributed by atoms with van der Waals surface area (Å²) in [4.78, 5) is 0. The summed E-state index contributed by atoms with van der Waals surface area (Å²) in [5.41, 5.74) is 0.184. The van der Waals surface area contributed by atoms with Crippen molar-refractivity contribution in [3.05, 3.63) is 11.8 Å². The number of piperidine rings is 1. The summed E-state index contributed by atoms with van der Waals surface area (Å²) < 4.78 is 28.0. The van der Waals surface area contributed by atoms with Gasteiger partial charge in [-0.2, -0.15) is 23.1 Å². The Morgan fingerprint density at radius 3 is 3.11 bits per heavy atom. The Labute approximate surface area is 106 Å². The Bertz CT molecular complexity index is 559. The SMILES string of the molecule is CC1CCCN(S(=O)(=O)Nc2[nH]ncc2C#N)C1. The van der Waals surface area contributed by atoms with E-state index in [9.17, 15) is 8.42 Å². The van der Waals surface area contributed by atoms with Crippen molar-refractivity contribution in [3.8, 4) is 6.07 Å². The topological polar surface area (TPSA) is 102 Å². The van der Waals surface area contributed by atoms with Gasteiger partial charge in [0.1, 0.15) is 11.6 Å². The summed E-state index contributed by atoms with van der Waals surface area (Å²) in [6.07, 6.45) is 3.19. The number of rotatable bonds is 3. The minimum absolute atomic E-state index is 0.121. The molecule has 0 bridgehead atoms. The van der Waals surface area contributed by atoms with E-state index >= 15 is 0 Å². The highest BCUT2D eigenvalue weighted by molar-refractivity contribution is 7.90. The number of hydrogen-bond donors (Lipinski definition) is 2. The molecule has 1 fully saturated rings. The molecule has 1 unspecified atom stereocenters. The fraction of sp³-hybridized carbons (Fsp3) is 0.600. The number of aromatic nitrogens is 2. The number of H-pyrrole nitrogens is 1. The quantitative estimate of drug-likeness (QED) is 0.841. The van der Waals surface area contributed by atoms with Gasteiger partial charge in [0, 0.05) is 13.1 Å². The average Bonchev–Trinajstić information content (AvgIpc) is 2.75. The molecule has 1 saturated heterocycles. The molecule has 98 valence electrons. The lowest BCUT2D eigenvalue weighted by Gasteiger charge is -2.29. The molecule has 1 atom stereocenters.